The normalized spacial score (nSPS) is 45.4. The molecular formula is C28H48O2Si. The second-order valence-corrected chi connectivity index (χ2v) is 18.3. The van der Waals surface area contributed by atoms with Crippen LogP contribution >= 0.6 is 0 Å². The molecule has 176 valence electrons. The van der Waals surface area contributed by atoms with E-state index >= 15 is 0 Å². The van der Waals surface area contributed by atoms with Crippen molar-refractivity contribution in [1.82, 2.24) is 0 Å². The molecule has 0 radical (unpaired) electrons. The maximum atomic E-state index is 11.5. The Hall–Kier alpha value is -0.383. The Morgan fingerprint density at radius 3 is 2.45 bits per heavy atom. The number of fused-ring (bicyclic) bond motifs is 5. The molecular weight excluding hydrogens is 396 g/mol. The summed E-state index contributed by atoms with van der Waals surface area (Å²) in [6, 6.07) is 0. The summed E-state index contributed by atoms with van der Waals surface area (Å²) >= 11 is 0. The second-order valence-electron chi connectivity index (χ2n) is 13.5. The molecule has 0 unspecified atom stereocenters. The molecule has 3 fully saturated rings. The molecule has 4 aliphatic carbocycles. The Kier molecular flexibility index (Phi) is 5.80. The number of allylic oxidation sites excluding steroid dienone is 1. The van der Waals surface area contributed by atoms with Crippen LogP contribution in [0.15, 0.2) is 24.3 Å². The van der Waals surface area contributed by atoms with Crippen molar-refractivity contribution in [3.8, 4) is 0 Å². The molecule has 31 heavy (non-hydrogen) atoms. The minimum absolute atomic E-state index is 0.0622. The van der Waals surface area contributed by atoms with E-state index in [1.165, 1.54) is 38.5 Å². The monoisotopic (exact) mass is 444 g/mol. The van der Waals surface area contributed by atoms with Crippen molar-refractivity contribution in [2.24, 2.45) is 28.6 Å². The summed E-state index contributed by atoms with van der Waals surface area (Å²) in [6.45, 7) is 20.8. The van der Waals surface area contributed by atoms with Gasteiger partial charge in [-0.2, -0.15) is 0 Å². The zero-order valence-corrected chi connectivity index (χ0v) is 22.4. The zero-order valence-electron chi connectivity index (χ0n) is 21.4. The topological polar surface area (TPSA) is 29.5 Å². The van der Waals surface area contributed by atoms with E-state index in [-0.39, 0.29) is 10.5 Å². The van der Waals surface area contributed by atoms with E-state index in [1.807, 2.05) is 6.08 Å². The van der Waals surface area contributed by atoms with Gasteiger partial charge in [-0.3, -0.25) is 0 Å². The predicted molar refractivity (Wildman–Crippen MR) is 134 cm³/mol. The first-order valence-electron chi connectivity index (χ1n) is 13.0. The average molecular weight is 445 g/mol. The minimum Gasteiger partial charge on any atom is -0.414 e. The predicted octanol–water partition coefficient (Wildman–Crippen LogP) is 7.65. The molecule has 0 aromatic heterocycles. The van der Waals surface area contributed by atoms with Gasteiger partial charge < -0.3 is 9.53 Å². The first-order chi connectivity index (χ1) is 14.3. The molecule has 1 N–H and O–H groups in total. The standard InChI is InChI=1S/C28H48O2Si/c1-9-15-28(29)18-14-24-22-11-10-20-19-21(30-31(7,8)25(2,3)4)12-16-26(20,5)23(22)13-17-27(24,28)6/h9-10,21-24,29H,1,11-19H2,2-8H3/t21-,22+,23-,24-,26-,27-,28-/m0/s1. The molecule has 0 aromatic carbocycles. The largest absolute Gasteiger partial charge is 0.414 e. The van der Waals surface area contributed by atoms with Crippen LogP contribution < -0.4 is 0 Å². The summed E-state index contributed by atoms with van der Waals surface area (Å²) in [5.41, 5.74) is 1.57. The summed E-state index contributed by atoms with van der Waals surface area (Å²) in [4.78, 5) is 0. The minimum atomic E-state index is -1.72. The fourth-order valence-corrected chi connectivity index (χ4v) is 9.39. The van der Waals surface area contributed by atoms with E-state index in [0.29, 0.717) is 17.4 Å². The number of hydrogen-bond donors (Lipinski definition) is 1. The SMILES string of the molecule is C=CC[C@]1(O)CC[C@H]2[C@@H]3CC=C4C[C@@H](O[Si](C)(C)C(C)(C)C)CC[C@]4(C)[C@H]3CC[C@@]21C. The van der Waals surface area contributed by atoms with E-state index < -0.39 is 13.9 Å². The molecule has 0 amide bonds. The lowest BCUT2D eigenvalue weighted by Gasteiger charge is -2.59. The smallest absolute Gasteiger partial charge is 0.192 e. The Balaban J connectivity index is 1.54. The van der Waals surface area contributed by atoms with Crippen LogP contribution in [-0.4, -0.2) is 25.1 Å². The maximum absolute atomic E-state index is 11.5. The molecule has 0 aliphatic heterocycles. The maximum Gasteiger partial charge on any atom is 0.192 e. The van der Waals surface area contributed by atoms with Crippen molar-refractivity contribution in [3.05, 3.63) is 24.3 Å². The third-order valence-electron chi connectivity index (χ3n) is 11.1. The third kappa shape index (κ3) is 3.56. The number of hydrogen-bond acceptors (Lipinski definition) is 2. The second kappa shape index (κ2) is 7.57. The molecule has 7 atom stereocenters. The highest BCUT2D eigenvalue weighted by Gasteiger charge is 2.63. The zero-order chi connectivity index (χ0) is 22.9. The Morgan fingerprint density at radius 2 is 1.81 bits per heavy atom. The van der Waals surface area contributed by atoms with E-state index in [2.05, 4.69) is 60.4 Å². The Labute approximate surface area is 193 Å². The van der Waals surface area contributed by atoms with Crippen molar-refractivity contribution in [2.45, 2.75) is 122 Å². The molecule has 3 heteroatoms. The molecule has 4 rings (SSSR count). The van der Waals surface area contributed by atoms with Crippen LogP contribution in [0.25, 0.3) is 0 Å². The highest BCUT2D eigenvalue weighted by molar-refractivity contribution is 6.74. The lowest BCUT2D eigenvalue weighted by molar-refractivity contribution is -0.122. The van der Waals surface area contributed by atoms with Gasteiger partial charge in [-0.15, -0.1) is 6.58 Å². The van der Waals surface area contributed by atoms with Gasteiger partial charge in [0.1, 0.15) is 0 Å². The van der Waals surface area contributed by atoms with Crippen molar-refractivity contribution in [1.29, 1.82) is 0 Å². The summed E-state index contributed by atoms with van der Waals surface area (Å²) < 4.78 is 6.87. The van der Waals surface area contributed by atoms with Crippen LogP contribution in [-0.2, 0) is 4.43 Å². The first kappa shape index (κ1) is 23.8. The number of aliphatic hydroxyl groups is 1. The van der Waals surface area contributed by atoms with Gasteiger partial charge in [0, 0.05) is 6.10 Å². The van der Waals surface area contributed by atoms with Gasteiger partial charge >= 0.3 is 0 Å². The van der Waals surface area contributed by atoms with Gasteiger partial charge in [0.15, 0.2) is 8.32 Å². The molecule has 4 aliphatic rings. The molecule has 0 heterocycles. The lowest BCUT2D eigenvalue weighted by atomic mass is 9.47. The van der Waals surface area contributed by atoms with E-state index in [0.717, 1.165) is 31.1 Å². The Morgan fingerprint density at radius 1 is 1.13 bits per heavy atom. The fourth-order valence-electron chi connectivity index (χ4n) is 8.01. The van der Waals surface area contributed by atoms with Crippen molar-refractivity contribution >= 4 is 8.32 Å². The van der Waals surface area contributed by atoms with Gasteiger partial charge in [0.2, 0.25) is 0 Å². The summed E-state index contributed by atoms with van der Waals surface area (Å²) in [6.07, 6.45) is 15.2. The average Bonchev–Trinajstić information content (AvgIpc) is 2.92. The Bertz CT molecular complexity index is 749. The van der Waals surface area contributed by atoms with Gasteiger partial charge in [-0.25, -0.2) is 0 Å². The molecule has 0 aromatic rings. The van der Waals surface area contributed by atoms with Crippen molar-refractivity contribution in [3.63, 3.8) is 0 Å². The summed E-state index contributed by atoms with van der Waals surface area (Å²) in [7, 11) is -1.72. The van der Waals surface area contributed by atoms with Crippen LogP contribution in [0.3, 0.4) is 0 Å². The third-order valence-corrected chi connectivity index (χ3v) is 15.7. The van der Waals surface area contributed by atoms with Crippen molar-refractivity contribution < 1.29 is 9.53 Å². The molecule has 0 saturated heterocycles. The van der Waals surface area contributed by atoms with E-state index in [1.54, 1.807) is 5.57 Å². The number of rotatable bonds is 4. The van der Waals surface area contributed by atoms with Crippen molar-refractivity contribution in [2.75, 3.05) is 0 Å². The van der Waals surface area contributed by atoms with Crippen LogP contribution in [0.1, 0.15) is 92.4 Å². The highest BCUT2D eigenvalue weighted by atomic mass is 28.4. The summed E-state index contributed by atoms with van der Waals surface area (Å²) in [5.74, 6) is 2.18. The van der Waals surface area contributed by atoms with E-state index in [9.17, 15) is 5.11 Å². The fraction of sp³-hybridized carbons (Fsp3) is 0.857. The van der Waals surface area contributed by atoms with Gasteiger partial charge in [-0.05, 0) is 105 Å². The van der Waals surface area contributed by atoms with Crippen LogP contribution in [0.4, 0.5) is 0 Å². The first-order valence-corrected chi connectivity index (χ1v) is 15.9. The van der Waals surface area contributed by atoms with Crippen LogP contribution in [0, 0.1) is 28.6 Å². The highest BCUT2D eigenvalue weighted by Crippen LogP contribution is 2.67. The summed E-state index contributed by atoms with van der Waals surface area (Å²) in [5, 5.41) is 11.8. The van der Waals surface area contributed by atoms with Gasteiger partial charge in [0.25, 0.3) is 0 Å². The molecule has 3 saturated carbocycles. The van der Waals surface area contributed by atoms with Gasteiger partial charge in [0.05, 0.1) is 5.60 Å². The molecule has 0 bridgehead atoms. The van der Waals surface area contributed by atoms with E-state index in [4.69, 9.17) is 4.43 Å². The molecule has 2 nitrogen and oxygen atoms in total. The quantitative estimate of drug-likeness (QED) is 0.356. The lowest BCUT2D eigenvalue weighted by Crippen LogP contribution is -2.55. The molecule has 0 spiro atoms. The van der Waals surface area contributed by atoms with Crippen LogP contribution in [0.2, 0.25) is 18.1 Å². The van der Waals surface area contributed by atoms with Gasteiger partial charge in [-0.1, -0.05) is 52.3 Å². The van der Waals surface area contributed by atoms with Crippen LogP contribution in [0.5, 0.6) is 0 Å².